The zero-order chi connectivity index (χ0) is 12.8. The third kappa shape index (κ3) is 4.10. The van der Waals surface area contributed by atoms with Gasteiger partial charge in [0.2, 0.25) is 5.89 Å². The van der Waals surface area contributed by atoms with Gasteiger partial charge in [-0.2, -0.15) is 4.98 Å². The molecule has 1 aliphatic rings. The van der Waals surface area contributed by atoms with Gasteiger partial charge in [-0.3, -0.25) is 4.79 Å². The van der Waals surface area contributed by atoms with Crippen molar-refractivity contribution in [2.75, 3.05) is 6.61 Å². The maximum absolute atomic E-state index is 10.3. The third-order valence-electron chi connectivity index (χ3n) is 2.98. The monoisotopic (exact) mass is 254 g/mol. The molecule has 1 aromatic heterocycles. The molecule has 2 rings (SSSR count). The van der Waals surface area contributed by atoms with E-state index in [0.29, 0.717) is 31.0 Å². The molecule has 0 bridgehead atoms. The molecule has 0 amide bonds. The van der Waals surface area contributed by atoms with E-state index in [0.717, 1.165) is 25.9 Å². The Morgan fingerprint density at radius 2 is 2.33 bits per heavy atom. The molecular formula is C12H18N2O4. The van der Waals surface area contributed by atoms with Crippen LogP contribution in [-0.2, 0) is 22.4 Å². The predicted octanol–water partition coefficient (Wildman–Crippen LogP) is 1.59. The first-order valence-electron chi connectivity index (χ1n) is 6.39. The smallest absolute Gasteiger partial charge is 0.303 e. The standard InChI is InChI=1S/C12H18N2O4/c15-12(16)6-2-1-5-11-13-10(14-18-11)8-9-4-3-7-17-9/h9H,1-8H2,(H,15,16). The normalized spacial score (nSPS) is 19.2. The summed E-state index contributed by atoms with van der Waals surface area (Å²) in [5.41, 5.74) is 0. The molecule has 0 radical (unpaired) electrons. The summed E-state index contributed by atoms with van der Waals surface area (Å²) in [5, 5.41) is 12.4. The van der Waals surface area contributed by atoms with Gasteiger partial charge in [-0.05, 0) is 25.7 Å². The molecule has 100 valence electrons. The Labute approximate surface area is 105 Å². The lowest BCUT2D eigenvalue weighted by atomic mass is 10.2. The Bertz CT molecular complexity index is 385. The van der Waals surface area contributed by atoms with Gasteiger partial charge >= 0.3 is 5.97 Å². The van der Waals surface area contributed by atoms with Crippen LogP contribution in [0.4, 0.5) is 0 Å². The fraction of sp³-hybridized carbons (Fsp3) is 0.750. The summed E-state index contributed by atoms with van der Waals surface area (Å²) in [7, 11) is 0. The van der Waals surface area contributed by atoms with Gasteiger partial charge in [0.1, 0.15) is 0 Å². The molecule has 1 saturated heterocycles. The van der Waals surface area contributed by atoms with Crippen LogP contribution in [0.25, 0.3) is 0 Å². The number of aromatic nitrogens is 2. The van der Waals surface area contributed by atoms with Gasteiger partial charge < -0.3 is 14.4 Å². The van der Waals surface area contributed by atoms with Crippen molar-refractivity contribution in [2.45, 2.75) is 51.0 Å². The van der Waals surface area contributed by atoms with E-state index in [1.165, 1.54) is 0 Å². The third-order valence-corrected chi connectivity index (χ3v) is 2.98. The second-order valence-corrected chi connectivity index (χ2v) is 4.54. The van der Waals surface area contributed by atoms with Gasteiger partial charge in [-0.15, -0.1) is 0 Å². The lowest BCUT2D eigenvalue weighted by Gasteiger charge is -2.03. The van der Waals surface area contributed by atoms with Crippen LogP contribution in [-0.4, -0.2) is 33.9 Å². The molecule has 0 saturated carbocycles. The zero-order valence-electron chi connectivity index (χ0n) is 10.3. The number of aliphatic carboxylic acids is 1. The fourth-order valence-electron chi connectivity index (χ4n) is 2.04. The Balaban J connectivity index is 1.70. The number of nitrogens with zero attached hydrogens (tertiary/aromatic N) is 2. The minimum Gasteiger partial charge on any atom is -0.481 e. The summed E-state index contributed by atoms with van der Waals surface area (Å²) in [6.45, 7) is 0.824. The summed E-state index contributed by atoms with van der Waals surface area (Å²) in [5.74, 6) is 0.517. The highest BCUT2D eigenvalue weighted by Gasteiger charge is 2.18. The van der Waals surface area contributed by atoms with E-state index in [4.69, 9.17) is 14.4 Å². The van der Waals surface area contributed by atoms with Crippen LogP contribution in [0.5, 0.6) is 0 Å². The summed E-state index contributed by atoms with van der Waals surface area (Å²) >= 11 is 0. The second kappa shape index (κ2) is 6.49. The van der Waals surface area contributed by atoms with Crippen molar-refractivity contribution in [1.82, 2.24) is 10.1 Å². The number of ether oxygens (including phenoxy) is 1. The van der Waals surface area contributed by atoms with Gasteiger partial charge in [-0.25, -0.2) is 0 Å². The summed E-state index contributed by atoms with van der Waals surface area (Å²) in [6.07, 6.45) is 5.32. The van der Waals surface area contributed by atoms with Crippen LogP contribution >= 0.6 is 0 Å². The van der Waals surface area contributed by atoms with E-state index in [2.05, 4.69) is 10.1 Å². The predicted molar refractivity (Wildman–Crippen MR) is 62.2 cm³/mol. The van der Waals surface area contributed by atoms with E-state index < -0.39 is 5.97 Å². The van der Waals surface area contributed by atoms with Gasteiger partial charge in [0.05, 0.1) is 6.10 Å². The van der Waals surface area contributed by atoms with Crippen molar-refractivity contribution in [1.29, 1.82) is 0 Å². The van der Waals surface area contributed by atoms with E-state index in [1.54, 1.807) is 0 Å². The minimum absolute atomic E-state index is 0.191. The number of rotatable bonds is 7. The molecule has 0 aromatic carbocycles. The Morgan fingerprint density at radius 3 is 3.06 bits per heavy atom. The van der Waals surface area contributed by atoms with Crippen molar-refractivity contribution in [3.05, 3.63) is 11.7 Å². The fourth-order valence-corrected chi connectivity index (χ4v) is 2.04. The first-order chi connectivity index (χ1) is 8.74. The molecule has 1 fully saturated rings. The van der Waals surface area contributed by atoms with Gasteiger partial charge in [0.25, 0.3) is 0 Å². The summed E-state index contributed by atoms with van der Waals surface area (Å²) in [6, 6.07) is 0. The molecule has 6 nitrogen and oxygen atoms in total. The lowest BCUT2D eigenvalue weighted by molar-refractivity contribution is -0.137. The number of carboxylic acid groups (broad SMARTS) is 1. The first-order valence-corrected chi connectivity index (χ1v) is 6.39. The molecule has 1 N–H and O–H groups in total. The van der Waals surface area contributed by atoms with Gasteiger partial charge in [0, 0.05) is 25.9 Å². The quantitative estimate of drug-likeness (QED) is 0.744. The zero-order valence-corrected chi connectivity index (χ0v) is 10.3. The molecule has 0 aliphatic carbocycles. The largest absolute Gasteiger partial charge is 0.481 e. The van der Waals surface area contributed by atoms with Crippen molar-refractivity contribution in [3.63, 3.8) is 0 Å². The number of aryl methyl sites for hydroxylation is 1. The molecule has 0 spiro atoms. The molecule has 6 heteroatoms. The number of unbranched alkanes of at least 4 members (excludes halogenated alkanes) is 1. The van der Waals surface area contributed by atoms with Gasteiger partial charge in [0.15, 0.2) is 5.82 Å². The first kappa shape index (κ1) is 13.0. The highest BCUT2D eigenvalue weighted by molar-refractivity contribution is 5.66. The van der Waals surface area contributed by atoms with Crippen molar-refractivity contribution < 1.29 is 19.2 Å². The minimum atomic E-state index is -0.764. The van der Waals surface area contributed by atoms with Crippen molar-refractivity contribution in [2.24, 2.45) is 0 Å². The number of carbonyl (C=O) groups is 1. The van der Waals surface area contributed by atoms with Crippen LogP contribution in [0.2, 0.25) is 0 Å². The second-order valence-electron chi connectivity index (χ2n) is 4.54. The lowest BCUT2D eigenvalue weighted by Crippen LogP contribution is -2.09. The van der Waals surface area contributed by atoms with Crippen LogP contribution in [0, 0.1) is 0 Å². The highest BCUT2D eigenvalue weighted by atomic mass is 16.5. The summed E-state index contributed by atoms with van der Waals surface area (Å²) in [4.78, 5) is 14.6. The van der Waals surface area contributed by atoms with Crippen molar-refractivity contribution >= 4 is 5.97 Å². The van der Waals surface area contributed by atoms with Crippen molar-refractivity contribution in [3.8, 4) is 0 Å². The molecule has 18 heavy (non-hydrogen) atoms. The maximum Gasteiger partial charge on any atom is 0.303 e. The van der Waals surface area contributed by atoms with Crippen LogP contribution in [0.15, 0.2) is 4.52 Å². The van der Waals surface area contributed by atoms with E-state index in [-0.39, 0.29) is 12.5 Å². The Hall–Kier alpha value is -1.43. The highest BCUT2D eigenvalue weighted by Crippen LogP contribution is 2.16. The maximum atomic E-state index is 10.3. The average molecular weight is 254 g/mol. The Kier molecular flexibility index (Phi) is 4.69. The topological polar surface area (TPSA) is 85.5 Å². The summed E-state index contributed by atoms with van der Waals surface area (Å²) < 4.78 is 10.6. The van der Waals surface area contributed by atoms with Crippen LogP contribution in [0.3, 0.4) is 0 Å². The van der Waals surface area contributed by atoms with Gasteiger partial charge in [-0.1, -0.05) is 5.16 Å². The Morgan fingerprint density at radius 1 is 1.44 bits per heavy atom. The average Bonchev–Trinajstić information content (AvgIpc) is 2.97. The van der Waals surface area contributed by atoms with E-state index in [9.17, 15) is 4.79 Å². The SMILES string of the molecule is O=C(O)CCCCc1nc(CC2CCCO2)no1. The number of carboxylic acids is 1. The van der Waals surface area contributed by atoms with E-state index in [1.807, 2.05) is 0 Å². The number of hydrogen-bond acceptors (Lipinski definition) is 5. The van der Waals surface area contributed by atoms with E-state index >= 15 is 0 Å². The molecule has 1 aromatic rings. The van der Waals surface area contributed by atoms with Crippen LogP contribution in [0.1, 0.15) is 43.8 Å². The number of hydrogen-bond donors (Lipinski definition) is 1. The molecule has 1 unspecified atom stereocenters. The van der Waals surface area contributed by atoms with Crippen LogP contribution < -0.4 is 0 Å². The molecular weight excluding hydrogens is 236 g/mol. The molecule has 2 heterocycles. The molecule has 1 aliphatic heterocycles. The molecule has 1 atom stereocenters.